The number of anilines is 1. The van der Waals surface area contributed by atoms with Crippen LogP contribution in [0.15, 0.2) is 24.3 Å². The average Bonchev–Trinajstić information content (AvgIpc) is 2.31. The molecule has 4 heteroatoms. The van der Waals surface area contributed by atoms with Crippen LogP contribution in [0.5, 0.6) is 0 Å². The van der Waals surface area contributed by atoms with Crippen LogP contribution in [-0.4, -0.2) is 17.0 Å². The monoisotopic (exact) mass is 249 g/mol. The minimum absolute atomic E-state index is 0.0142. The molecule has 1 amide bonds. The minimum atomic E-state index is -0.778. The molecule has 98 valence electrons. The Bertz CT molecular complexity index is 415. The van der Waals surface area contributed by atoms with E-state index in [0.29, 0.717) is 12.8 Å². The predicted octanol–water partition coefficient (Wildman–Crippen LogP) is 2.97. The summed E-state index contributed by atoms with van der Waals surface area (Å²) in [5.41, 5.74) is 1.88. The van der Waals surface area contributed by atoms with Gasteiger partial charge in [0, 0.05) is 18.5 Å². The average molecular weight is 249 g/mol. The number of carboxylic acids is 1. The number of benzene rings is 1. The second-order valence-corrected chi connectivity index (χ2v) is 4.32. The number of unbranched alkanes of at least 4 members (excludes halogenated alkanes) is 2. The summed E-state index contributed by atoms with van der Waals surface area (Å²) >= 11 is 0. The fraction of sp³-hybridized carbons (Fsp3) is 0.429. The molecule has 0 aliphatic heterocycles. The minimum Gasteiger partial charge on any atom is -0.481 e. The fourth-order valence-corrected chi connectivity index (χ4v) is 1.66. The molecule has 4 nitrogen and oxygen atoms in total. The standard InChI is InChI=1S/C14H19NO3/c1-11-7-5-6-8-12(11)15-13(16)9-3-2-4-10-14(17)18/h5-8H,2-4,9-10H2,1H3,(H,15,16)(H,17,18). The molecule has 0 heterocycles. The molecule has 1 aromatic carbocycles. The van der Waals surface area contributed by atoms with Crippen LogP contribution in [0.25, 0.3) is 0 Å². The molecule has 0 spiro atoms. The molecule has 0 aromatic heterocycles. The van der Waals surface area contributed by atoms with Crippen LogP contribution < -0.4 is 5.32 Å². The Morgan fingerprint density at radius 2 is 1.78 bits per heavy atom. The van der Waals surface area contributed by atoms with Gasteiger partial charge in [0.1, 0.15) is 0 Å². The van der Waals surface area contributed by atoms with Crippen molar-refractivity contribution >= 4 is 17.6 Å². The summed E-state index contributed by atoms with van der Waals surface area (Å²) in [4.78, 5) is 21.9. The Balaban J connectivity index is 2.22. The summed E-state index contributed by atoms with van der Waals surface area (Å²) in [6.45, 7) is 1.95. The number of carbonyl (C=O) groups is 2. The van der Waals surface area contributed by atoms with Gasteiger partial charge in [-0.15, -0.1) is 0 Å². The van der Waals surface area contributed by atoms with Crippen molar-refractivity contribution in [3.8, 4) is 0 Å². The highest BCUT2D eigenvalue weighted by molar-refractivity contribution is 5.91. The Hall–Kier alpha value is -1.84. The molecule has 1 aromatic rings. The van der Waals surface area contributed by atoms with E-state index in [4.69, 9.17) is 5.11 Å². The summed E-state index contributed by atoms with van der Waals surface area (Å²) in [6, 6.07) is 7.63. The van der Waals surface area contributed by atoms with Crippen LogP contribution in [0.4, 0.5) is 5.69 Å². The maximum atomic E-state index is 11.6. The van der Waals surface area contributed by atoms with Gasteiger partial charge in [0.25, 0.3) is 0 Å². The van der Waals surface area contributed by atoms with E-state index in [1.165, 1.54) is 0 Å². The molecule has 0 atom stereocenters. The van der Waals surface area contributed by atoms with Crippen molar-refractivity contribution in [1.82, 2.24) is 0 Å². The van der Waals surface area contributed by atoms with Gasteiger partial charge in [-0.1, -0.05) is 24.6 Å². The van der Waals surface area contributed by atoms with Gasteiger partial charge >= 0.3 is 5.97 Å². The highest BCUT2D eigenvalue weighted by atomic mass is 16.4. The van der Waals surface area contributed by atoms with Crippen molar-refractivity contribution in [3.63, 3.8) is 0 Å². The van der Waals surface area contributed by atoms with Crippen molar-refractivity contribution in [2.45, 2.75) is 39.0 Å². The molecule has 0 bridgehead atoms. The molecule has 18 heavy (non-hydrogen) atoms. The van der Waals surface area contributed by atoms with Crippen molar-refractivity contribution < 1.29 is 14.7 Å². The van der Waals surface area contributed by atoms with E-state index < -0.39 is 5.97 Å². The lowest BCUT2D eigenvalue weighted by Gasteiger charge is -2.07. The Labute approximate surface area is 107 Å². The summed E-state index contributed by atoms with van der Waals surface area (Å²) in [5, 5.41) is 11.3. The molecular weight excluding hydrogens is 230 g/mol. The van der Waals surface area contributed by atoms with Crippen LogP contribution in [0, 0.1) is 6.92 Å². The molecule has 0 aliphatic carbocycles. The lowest BCUT2D eigenvalue weighted by Crippen LogP contribution is -2.11. The molecular formula is C14H19NO3. The third kappa shape index (κ3) is 5.48. The first-order valence-corrected chi connectivity index (χ1v) is 6.17. The Morgan fingerprint density at radius 3 is 2.44 bits per heavy atom. The summed E-state index contributed by atoms with van der Waals surface area (Å²) in [5.74, 6) is -0.793. The fourth-order valence-electron chi connectivity index (χ4n) is 1.66. The molecule has 0 fully saturated rings. The number of aryl methyl sites for hydroxylation is 1. The SMILES string of the molecule is Cc1ccccc1NC(=O)CCCCCC(=O)O. The number of carboxylic acid groups (broad SMARTS) is 1. The second-order valence-electron chi connectivity index (χ2n) is 4.32. The smallest absolute Gasteiger partial charge is 0.303 e. The van der Waals surface area contributed by atoms with Crippen LogP contribution in [0.1, 0.15) is 37.7 Å². The Kier molecular flexibility index (Phi) is 5.91. The number of hydrogen-bond acceptors (Lipinski definition) is 2. The number of para-hydroxylation sites is 1. The highest BCUT2D eigenvalue weighted by Crippen LogP contribution is 2.14. The van der Waals surface area contributed by atoms with E-state index in [9.17, 15) is 9.59 Å². The summed E-state index contributed by atoms with van der Waals surface area (Å²) in [7, 11) is 0. The molecule has 0 radical (unpaired) electrons. The number of hydrogen-bond donors (Lipinski definition) is 2. The van der Waals surface area contributed by atoms with E-state index in [1.54, 1.807) is 0 Å². The van der Waals surface area contributed by atoms with E-state index in [1.807, 2.05) is 31.2 Å². The van der Waals surface area contributed by atoms with E-state index in [0.717, 1.165) is 24.1 Å². The highest BCUT2D eigenvalue weighted by Gasteiger charge is 2.04. The molecule has 0 aliphatic rings. The first-order chi connectivity index (χ1) is 8.59. The second kappa shape index (κ2) is 7.48. The molecule has 2 N–H and O–H groups in total. The zero-order valence-electron chi connectivity index (χ0n) is 10.6. The zero-order valence-corrected chi connectivity index (χ0v) is 10.6. The van der Waals surface area contributed by atoms with Crippen molar-refractivity contribution in [3.05, 3.63) is 29.8 Å². The van der Waals surface area contributed by atoms with Crippen molar-refractivity contribution in [1.29, 1.82) is 0 Å². The number of nitrogens with one attached hydrogen (secondary N) is 1. The number of aliphatic carboxylic acids is 1. The van der Waals surface area contributed by atoms with Gasteiger partial charge in [0.2, 0.25) is 5.91 Å². The molecule has 0 unspecified atom stereocenters. The third-order valence-corrected chi connectivity index (χ3v) is 2.71. The van der Waals surface area contributed by atoms with Crippen LogP contribution in [0.3, 0.4) is 0 Å². The maximum absolute atomic E-state index is 11.6. The predicted molar refractivity (Wildman–Crippen MR) is 70.5 cm³/mol. The van der Waals surface area contributed by atoms with Gasteiger partial charge in [0.05, 0.1) is 0 Å². The Morgan fingerprint density at radius 1 is 1.11 bits per heavy atom. The number of carbonyl (C=O) groups excluding carboxylic acids is 1. The van der Waals surface area contributed by atoms with Gasteiger partial charge in [-0.3, -0.25) is 9.59 Å². The first-order valence-electron chi connectivity index (χ1n) is 6.17. The van der Waals surface area contributed by atoms with Crippen LogP contribution in [-0.2, 0) is 9.59 Å². The van der Waals surface area contributed by atoms with E-state index >= 15 is 0 Å². The van der Waals surface area contributed by atoms with Crippen LogP contribution >= 0.6 is 0 Å². The lowest BCUT2D eigenvalue weighted by atomic mass is 10.1. The number of amides is 1. The first kappa shape index (κ1) is 14.2. The van der Waals surface area contributed by atoms with E-state index in [2.05, 4.69) is 5.32 Å². The van der Waals surface area contributed by atoms with E-state index in [-0.39, 0.29) is 12.3 Å². The van der Waals surface area contributed by atoms with Crippen molar-refractivity contribution in [2.75, 3.05) is 5.32 Å². The lowest BCUT2D eigenvalue weighted by molar-refractivity contribution is -0.137. The van der Waals surface area contributed by atoms with Crippen molar-refractivity contribution in [2.24, 2.45) is 0 Å². The maximum Gasteiger partial charge on any atom is 0.303 e. The summed E-state index contributed by atoms with van der Waals surface area (Å²) in [6.07, 6.45) is 2.75. The van der Waals surface area contributed by atoms with Crippen LogP contribution in [0.2, 0.25) is 0 Å². The number of rotatable bonds is 7. The largest absolute Gasteiger partial charge is 0.481 e. The zero-order chi connectivity index (χ0) is 13.4. The molecule has 1 rings (SSSR count). The quantitative estimate of drug-likeness (QED) is 0.730. The summed E-state index contributed by atoms with van der Waals surface area (Å²) < 4.78 is 0. The van der Waals surface area contributed by atoms with Gasteiger partial charge in [-0.05, 0) is 31.4 Å². The van der Waals surface area contributed by atoms with Gasteiger partial charge in [-0.25, -0.2) is 0 Å². The molecule has 0 saturated heterocycles. The normalized spacial score (nSPS) is 10.1. The van der Waals surface area contributed by atoms with Gasteiger partial charge in [0.15, 0.2) is 0 Å². The molecule has 0 saturated carbocycles. The third-order valence-electron chi connectivity index (χ3n) is 2.71. The van der Waals surface area contributed by atoms with Gasteiger partial charge in [-0.2, -0.15) is 0 Å². The topological polar surface area (TPSA) is 66.4 Å². The van der Waals surface area contributed by atoms with Gasteiger partial charge < -0.3 is 10.4 Å².